The van der Waals surface area contributed by atoms with Gasteiger partial charge in [-0.15, -0.1) is 11.6 Å². The van der Waals surface area contributed by atoms with Crippen LogP contribution in [-0.4, -0.2) is 41.5 Å². The van der Waals surface area contributed by atoms with Crippen molar-refractivity contribution in [3.8, 4) is 0 Å². The zero-order valence-electron chi connectivity index (χ0n) is 8.21. The number of halogens is 1. The molecule has 0 radical (unpaired) electrons. The van der Waals surface area contributed by atoms with Gasteiger partial charge in [0.05, 0.1) is 0 Å². The van der Waals surface area contributed by atoms with Crippen molar-refractivity contribution in [1.29, 1.82) is 0 Å². The molecule has 14 heavy (non-hydrogen) atoms. The van der Waals surface area contributed by atoms with Gasteiger partial charge in [-0.1, -0.05) is 0 Å². The van der Waals surface area contributed by atoms with E-state index in [1.807, 2.05) is 0 Å². The largest absolute Gasteiger partial charge is 0.381 e. The summed E-state index contributed by atoms with van der Waals surface area (Å²) in [7, 11) is 0. The average molecular weight is 223 g/mol. The first kappa shape index (κ1) is 13.2. The molecule has 0 aliphatic carbocycles. The summed E-state index contributed by atoms with van der Waals surface area (Å²) in [6.45, 7) is 4.22. The lowest BCUT2D eigenvalue weighted by Gasteiger charge is -2.15. The molecule has 0 rings (SSSR count). The SMILES string of the molecule is CCNC(=O)C(O)C(Cl)C(=O)NCC. The van der Waals surface area contributed by atoms with Gasteiger partial charge in [0.25, 0.3) is 5.91 Å². The van der Waals surface area contributed by atoms with E-state index in [9.17, 15) is 14.7 Å². The van der Waals surface area contributed by atoms with Crippen molar-refractivity contribution in [1.82, 2.24) is 10.6 Å². The Bertz CT molecular complexity index is 189. The molecule has 0 aromatic rings. The predicted molar refractivity (Wildman–Crippen MR) is 53.0 cm³/mol. The molecule has 0 fully saturated rings. The Kier molecular flexibility index (Phi) is 6.23. The maximum atomic E-state index is 11.1. The number of carbonyl (C=O) groups excluding carboxylic acids is 2. The fraction of sp³-hybridized carbons (Fsp3) is 0.750. The Hall–Kier alpha value is -0.810. The number of hydrogen-bond acceptors (Lipinski definition) is 3. The van der Waals surface area contributed by atoms with Crippen LogP contribution in [0.2, 0.25) is 0 Å². The Balaban J connectivity index is 4.16. The third-order valence-electron chi connectivity index (χ3n) is 1.50. The van der Waals surface area contributed by atoms with Crippen LogP contribution in [0, 0.1) is 0 Å². The molecular formula is C8H15ClN2O3. The maximum Gasteiger partial charge on any atom is 0.250 e. The molecular weight excluding hydrogens is 208 g/mol. The summed E-state index contributed by atoms with van der Waals surface area (Å²) < 4.78 is 0. The first-order valence-corrected chi connectivity index (χ1v) is 4.85. The van der Waals surface area contributed by atoms with Crippen molar-refractivity contribution in [2.45, 2.75) is 25.3 Å². The lowest BCUT2D eigenvalue weighted by Crippen LogP contribution is -2.46. The number of aliphatic hydroxyl groups excluding tert-OH is 1. The van der Waals surface area contributed by atoms with E-state index in [0.717, 1.165) is 0 Å². The van der Waals surface area contributed by atoms with Crippen LogP contribution in [0.1, 0.15) is 13.8 Å². The molecule has 6 heteroatoms. The highest BCUT2D eigenvalue weighted by Crippen LogP contribution is 2.03. The second kappa shape index (κ2) is 6.62. The molecule has 5 nitrogen and oxygen atoms in total. The normalized spacial score (nSPS) is 14.3. The minimum Gasteiger partial charge on any atom is -0.381 e. The quantitative estimate of drug-likeness (QED) is 0.535. The minimum absolute atomic E-state index is 0.384. The molecule has 0 heterocycles. The van der Waals surface area contributed by atoms with Crippen LogP contribution in [0.25, 0.3) is 0 Å². The van der Waals surface area contributed by atoms with E-state index in [1.165, 1.54) is 0 Å². The number of hydrogen-bond donors (Lipinski definition) is 3. The smallest absolute Gasteiger partial charge is 0.250 e. The van der Waals surface area contributed by atoms with Crippen LogP contribution < -0.4 is 10.6 Å². The molecule has 0 saturated carbocycles. The van der Waals surface area contributed by atoms with Crippen molar-refractivity contribution in [2.24, 2.45) is 0 Å². The first-order valence-electron chi connectivity index (χ1n) is 4.42. The van der Waals surface area contributed by atoms with Crippen molar-refractivity contribution in [3.63, 3.8) is 0 Å². The van der Waals surface area contributed by atoms with Gasteiger partial charge >= 0.3 is 0 Å². The molecule has 0 aromatic heterocycles. The maximum absolute atomic E-state index is 11.1. The highest BCUT2D eigenvalue weighted by atomic mass is 35.5. The highest BCUT2D eigenvalue weighted by molar-refractivity contribution is 6.32. The number of aliphatic hydroxyl groups is 1. The monoisotopic (exact) mass is 222 g/mol. The minimum atomic E-state index is -1.51. The van der Waals surface area contributed by atoms with Crippen LogP contribution in [0.5, 0.6) is 0 Å². The van der Waals surface area contributed by atoms with E-state index in [-0.39, 0.29) is 0 Å². The zero-order chi connectivity index (χ0) is 11.1. The van der Waals surface area contributed by atoms with Gasteiger partial charge in [-0.25, -0.2) is 0 Å². The summed E-state index contributed by atoms with van der Waals surface area (Å²) in [6.07, 6.45) is -1.51. The second-order valence-electron chi connectivity index (χ2n) is 2.64. The zero-order valence-corrected chi connectivity index (χ0v) is 8.97. The van der Waals surface area contributed by atoms with E-state index in [1.54, 1.807) is 13.8 Å². The third-order valence-corrected chi connectivity index (χ3v) is 1.94. The number of rotatable bonds is 5. The van der Waals surface area contributed by atoms with E-state index >= 15 is 0 Å². The van der Waals surface area contributed by atoms with Gasteiger partial charge in [-0.2, -0.15) is 0 Å². The van der Waals surface area contributed by atoms with Crippen LogP contribution in [0.3, 0.4) is 0 Å². The van der Waals surface area contributed by atoms with Crippen LogP contribution in [-0.2, 0) is 9.59 Å². The molecule has 2 amide bonds. The molecule has 82 valence electrons. The Morgan fingerprint density at radius 3 is 2.07 bits per heavy atom. The summed E-state index contributed by atoms with van der Waals surface area (Å²) in [5, 5.41) is 12.8. The molecule has 0 saturated heterocycles. The van der Waals surface area contributed by atoms with Gasteiger partial charge in [-0.05, 0) is 13.8 Å². The van der Waals surface area contributed by atoms with Gasteiger partial charge in [-0.3, -0.25) is 9.59 Å². The summed E-state index contributed by atoms with van der Waals surface area (Å²) >= 11 is 5.57. The van der Waals surface area contributed by atoms with E-state index < -0.39 is 23.3 Å². The van der Waals surface area contributed by atoms with Gasteiger partial charge in [0.2, 0.25) is 5.91 Å². The average Bonchev–Trinajstić information content (AvgIpc) is 2.16. The van der Waals surface area contributed by atoms with Crippen molar-refractivity contribution in [3.05, 3.63) is 0 Å². The topological polar surface area (TPSA) is 78.4 Å². The second-order valence-corrected chi connectivity index (χ2v) is 3.11. The van der Waals surface area contributed by atoms with Gasteiger partial charge in [0.1, 0.15) is 5.38 Å². The van der Waals surface area contributed by atoms with Crippen LogP contribution in [0.15, 0.2) is 0 Å². The van der Waals surface area contributed by atoms with Gasteiger partial charge < -0.3 is 15.7 Å². The van der Waals surface area contributed by atoms with Crippen LogP contribution >= 0.6 is 11.6 Å². The van der Waals surface area contributed by atoms with Crippen LogP contribution in [0.4, 0.5) is 0 Å². The lowest BCUT2D eigenvalue weighted by atomic mass is 10.2. The molecule has 0 aromatic carbocycles. The summed E-state index contributed by atoms with van der Waals surface area (Å²) in [6, 6.07) is 0. The van der Waals surface area contributed by atoms with Crippen molar-refractivity contribution >= 4 is 23.4 Å². The van der Waals surface area contributed by atoms with Gasteiger partial charge in [0, 0.05) is 13.1 Å². The third kappa shape index (κ3) is 3.93. The molecule has 3 N–H and O–H groups in total. The molecule has 0 spiro atoms. The Morgan fingerprint density at radius 2 is 1.64 bits per heavy atom. The summed E-state index contributed by atoms with van der Waals surface area (Å²) in [5.74, 6) is -1.19. The van der Waals surface area contributed by atoms with E-state index in [2.05, 4.69) is 10.6 Å². The molecule has 0 bridgehead atoms. The fourth-order valence-corrected chi connectivity index (χ4v) is 1.02. The predicted octanol–water partition coefficient (Wildman–Crippen LogP) is -0.773. The number of amides is 2. The number of carbonyl (C=O) groups is 2. The molecule has 2 unspecified atom stereocenters. The summed E-state index contributed by atoms with van der Waals surface area (Å²) in [5.41, 5.74) is 0. The van der Waals surface area contributed by atoms with Crippen molar-refractivity contribution in [2.75, 3.05) is 13.1 Å². The summed E-state index contributed by atoms with van der Waals surface area (Å²) in [4.78, 5) is 22.2. The molecule has 0 aliphatic heterocycles. The van der Waals surface area contributed by atoms with E-state index in [4.69, 9.17) is 11.6 Å². The fourth-order valence-electron chi connectivity index (χ4n) is 0.827. The van der Waals surface area contributed by atoms with Crippen molar-refractivity contribution < 1.29 is 14.7 Å². The van der Waals surface area contributed by atoms with E-state index in [0.29, 0.717) is 13.1 Å². The Morgan fingerprint density at radius 1 is 1.21 bits per heavy atom. The number of alkyl halides is 1. The first-order chi connectivity index (χ1) is 6.54. The number of nitrogens with one attached hydrogen (secondary N) is 2. The molecule has 2 atom stereocenters. The number of likely N-dealkylation sites (N-methyl/N-ethyl adjacent to an activating group) is 1. The van der Waals surface area contributed by atoms with Gasteiger partial charge in [0.15, 0.2) is 6.10 Å². The standard InChI is InChI=1S/C8H15ClN2O3/c1-3-10-7(13)5(9)6(12)8(14)11-4-2/h5-6,12H,3-4H2,1-2H3,(H,10,13)(H,11,14). The highest BCUT2D eigenvalue weighted by Gasteiger charge is 2.29. The molecule has 0 aliphatic rings. The Labute approximate surface area is 87.8 Å². The lowest BCUT2D eigenvalue weighted by molar-refractivity contribution is -0.134.